The van der Waals surface area contributed by atoms with Crippen LogP contribution in [0.1, 0.15) is 12.0 Å². The highest BCUT2D eigenvalue weighted by molar-refractivity contribution is 6.78. The number of benzene rings is 1. The highest BCUT2D eigenvalue weighted by atomic mass is 28.3. The van der Waals surface area contributed by atoms with Crippen molar-refractivity contribution in [2.75, 3.05) is 6.61 Å². The fourth-order valence-electron chi connectivity index (χ4n) is 2.74. The van der Waals surface area contributed by atoms with E-state index in [1.807, 2.05) is 30.3 Å². The topological polar surface area (TPSA) is 9.23 Å². The van der Waals surface area contributed by atoms with Crippen LogP contribution in [0.3, 0.4) is 0 Å². The van der Waals surface area contributed by atoms with Crippen molar-refractivity contribution in [1.82, 2.24) is 0 Å². The molecule has 106 valence electrons. The van der Waals surface area contributed by atoms with Crippen molar-refractivity contribution in [3.63, 3.8) is 0 Å². The Labute approximate surface area is 112 Å². The molecule has 1 fully saturated rings. The lowest BCUT2D eigenvalue weighted by molar-refractivity contribution is -0.191. The third-order valence-corrected chi connectivity index (χ3v) is 6.47. The van der Waals surface area contributed by atoms with Gasteiger partial charge < -0.3 is 4.74 Å². The smallest absolute Gasteiger partial charge is 0.361 e. The molecule has 0 unspecified atom stereocenters. The van der Waals surface area contributed by atoms with Crippen LogP contribution in [0.15, 0.2) is 30.3 Å². The fourth-order valence-corrected chi connectivity index (χ4v) is 5.31. The van der Waals surface area contributed by atoms with Crippen molar-refractivity contribution in [2.45, 2.75) is 43.4 Å². The maximum Gasteiger partial charge on any atom is 0.411 e. The Balaban J connectivity index is 2.22. The summed E-state index contributed by atoms with van der Waals surface area (Å²) in [4.78, 5) is 0. The van der Waals surface area contributed by atoms with E-state index in [4.69, 9.17) is 4.74 Å². The minimum absolute atomic E-state index is 0.254. The molecule has 5 heteroatoms. The van der Waals surface area contributed by atoms with Gasteiger partial charge in [0.05, 0.1) is 13.7 Å². The molecule has 0 aliphatic heterocycles. The first-order valence-corrected chi connectivity index (χ1v) is 9.99. The SMILES string of the molecule is C[Si](C)(C)[C@H]1C[C@]1(OCC(F)(F)F)c1ccccc1. The van der Waals surface area contributed by atoms with Gasteiger partial charge in [-0.2, -0.15) is 13.2 Å². The lowest BCUT2D eigenvalue weighted by Crippen LogP contribution is -2.30. The van der Waals surface area contributed by atoms with Crippen LogP contribution >= 0.6 is 0 Å². The van der Waals surface area contributed by atoms with Crippen molar-refractivity contribution in [3.05, 3.63) is 35.9 Å². The number of alkyl halides is 3. The fraction of sp³-hybridized carbons (Fsp3) is 0.571. The average molecular weight is 288 g/mol. The van der Waals surface area contributed by atoms with Crippen molar-refractivity contribution in [2.24, 2.45) is 0 Å². The van der Waals surface area contributed by atoms with Crippen LogP contribution in [0.25, 0.3) is 0 Å². The lowest BCUT2D eigenvalue weighted by Gasteiger charge is -2.25. The minimum atomic E-state index is -4.27. The van der Waals surface area contributed by atoms with E-state index in [-0.39, 0.29) is 5.54 Å². The average Bonchev–Trinajstić information content (AvgIpc) is 3.03. The van der Waals surface area contributed by atoms with Crippen LogP contribution in [-0.2, 0) is 10.3 Å². The summed E-state index contributed by atoms with van der Waals surface area (Å²) in [6, 6.07) is 9.32. The molecule has 0 heterocycles. The molecule has 0 saturated heterocycles. The molecule has 1 aromatic rings. The van der Waals surface area contributed by atoms with Gasteiger partial charge >= 0.3 is 6.18 Å². The van der Waals surface area contributed by atoms with Gasteiger partial charge in [-0.15, -0.1) is 0 Å². The Kier molecular flexibility index (Phi) is 3.56. The number of hydrogen-bond donors (Lipinski definition) is 0. The summed E-state index contributed by atoms with van der Waals surface area (Å²) in [5.41, 5.74) is 0.428. The van der Waals surface area contributed by atoms with Crippen LogP contribution in [0, 0.1) is 0 Å². The summed E-state index contributed by atoms with van der Waals surface area (Å²) in [7, 11) is -1.53. The second-order valence-corrected chi connectivity index (χ2v) is 11.7. The van der Waals surface area contributed by atoms with Crippen molar-refractivity contribution in [3.8, 4) is 0 Å². The van der Waals surface area contributed by atoms with E-state index in [2.05, 4.69) is 19.6 Å². The number of ether oxygens (including phenoxy) is 1. The Morgan fingerprint density at radius 2 is 1.79 bits per heavy atom. The molecule has 19 heavy (non-hydrogen) atoms. The summed E-state index contributed by atoms with van der Waals surface area (Å²) >= 11 is 0. The van der Waals surface area contributed by atoms with E-state index in [1.165, 1.54) is 0 Å². The van der Waals surface area contributed by atoms with Crippen LogP contribution in [0.2, 0.25) is 25.2 Å². The van der Waals surface area contributed by atoms with Gasteiger partial charge in [0.2, 0.25) is 0 Å². The molecule has 2 atom stereocenters. The van der Waals surface area contributed by atoms with E-state index in [1.54, 1.807) is 0 Å². The molecule has 0 amide bonds. The number of rotatable bonds is 4. The molecule has 0 radical (unpaired) electrons. The van der Waals surface area contributed by atoms with E-state index >= 15 is 0 Å². The second-order valence-electron chi connectivity index (χ2n) is 6.28. The zero-order valence-electron chi connectivity index (χ0n) is 11.4. The predicted molar refractivity (Wildman–Crippen MR) is 71.8 cm³/mol. The molecular weight excluding hydrogens is 269 g/mol. The molecule has 1 aromatic carbocycles. The maximum atomic E-state index is 12.4. The Morgan fingerprint density at radius 1 is 1.21 bits per heavy atom. The summed E-state index contributed by atoms with van der Waals surface area (Å²) < 4.78 is 42.7. The van der Waals surface area contributed by atoms with Gasteiger partial charge in [-0.05, 0) is 17.5 Å². The lowest BCUT2D eigenvalue weighted by atomic mass is 10.1. The highest BCUT2D eigenvalue weighted by Crippen LogP contribution is 2.64. The molecule has 0 bridgehead atoms. The third kappa shape index (κ3) is 3.20. The quantitative estimate of drug-likeness (QED) is 0.737. The van der Waals surface area contributed by atoms with Gasteiger partial charge in [0, 0.05) is 0 Å². The van der Waals surface area contributed by atoms with Crippen molar-refractivity contribution >= 4 is 8.07 Å². The minimum Gasteiger partial charge on any atom is -0.361 e. The number of halogens is 3. The normalized spacial score (nSPS) is 27.4. The van der Waals surface area contributed by atoms with Crippen LogP contribution < -0.4 is 0 Å². The Morgan fingerprint density at radius 3 is 2.21 bits per heavy atom. The van der Waals surface area contributed by atoms with Gasteiger partial charge in [0.15, 0.2) is 0 Å². The van der Waals surface area contributed by atoms with Crippen LogP contribution in [0.4, 0.5) is 13.2 Å². The first-order chi connectivity index (χ1) is 8.65. The van der Waals surface area contributed by atoms with Crippen molar-refractivity contribution in [1.29, 1.82) is 0 Å². The summed E-state index contributed by atoms with van der Waals surface area (Å²) in [6.07, 6.45) is -3.56. The first-order valence-electron chi connectivity index (χ1n) is 6.41. The third-order valence-electron chi connectivity index (χ3n) is 3.71. The molecular formula is C14H19F3OSi. The number of hydrogen-bond acceptors (Lipinski definition) is 1. The standard InChI is InChI=1S/C14H19F3OSi/c1-19(2,3)12-9-13(12,18-10-14(15,16)17)11-7-5-4-6-8-11/h4-8,12H,9-10H2,1-3H3/t12-,13-/m0/s1. The molecule has 1 saturated carbocycles. The molecule has 1 aliphatic rings. The zero-order valence-corrected chi connectivity index (χ0v) is 12.4. The molecule has 0 N–H and O–H groups in total. The Bertz CT molecular complexity index is 438. The van der Waals surface area contributed by atoms with Gasteiger partial charge in [-0.1, -0.05) is 50.0 Å². The van der Waals surface area contributed by atoms with Gasteiger partial charge in [-0.3, -0.25) is 0 Å². The van der Waals surface area contributed by atoms with Gasteiger partial charge in [0.25, 0.3) is 0 Å². The second kappa shape index (κ2) is 4.63. The van der Waals surface area contributed by atoms with Gasteiger partial charge in [-0.25, -0.2) is 0 Å². The summed E-state index contributed by atoms with van der Waals surface area (Å²) in [5, 5.41) is 0. The zero-order chi connectivity index (χ0) is 14.3. The van der Waals surface area contributed by atoms with E-state index in [0.29, 0.717) is 6.42 Å². The predicted octanol–water partition coefficient (Wildman–Crippen LogP) is 4.57. The summed E-state index contributed by atoms with van der Waals surface area (Å²) in [6.45, 7) is 5.38. The molecule has 0 aromatic heterocycles. The van der Waals surface area contributed by atoms with E-state index in [0.717, 1.165) is 5.56 Å². The molecule has 2 rings (SSSR count). The van der Waals surface area contributed by atoms with Crippen molar-refractivity contribution < 1.29 is 17.9 Å². The van der Waals surface area contributed by atoms with E-state index in [9.17, 15) is 13.2 Å². The Hall–Kier alpha value is -0.813. The largest absolute Gasteiger partial charge is 0.411 e. The summed E-state index contributed by atoms with van der Waals surface area (Å²) in [5.74, 6) is 0. The molecule has 1 aliphatic carbocycles. The highest BCUT2D eigenvalue weighted by Gasteiger charge is 2.62. The van der Waals surface area contributed by atoms with Crippen LogP contribution in [-0.4, -0.2) is 20.9 Å². The first kappa shape index (κ1) is 14.6. The molecule has 0 spiro atoms. The molecule has 1 nitrogen and oxygen atoms in total. The monoisotopic (exact) mass is 288 g/mol. The maximum absolute atomic E-state index is 12.4. The van der Waals surface area contributed by atoms with Gasteiger partial charge in [0.1, 0.15) is 6.61 Å². The van der Waals surface area contributed by atoms with E-state index < -0.39 is 26.5 Å². The van der Waals surface area contributed by atoms with Crippen LogP contribution in [0.5, 0.6) is 0 Å².